The van der Waals surface area contributed by atoms with Crippen molar-refractivity contribution in [3.63, 3.8) is 0 Å². The van der Waals surface area contributed by atoms with Crippen molar-refractivity contribution < 1.29 is 49.5 Å². The van der Waals surface area contributed by atoms with Crippen LogP contribution in [0.2, 0.25) is 0 Å². The van der Waals surface area contributed by atoms with Crippen molar-refractivity contribution in [2.24, 2.45) is 14.1 Å². The number of imidazole rings is 2. The quantitative estimate of drug-likeness (QED) is 0.0897. The average molecular weight is 775 g/mol. The molecule has 2 aromatic carbocycles. The molecule has 2 N–H and O–H groups in total. The fraction of sp³-hybridized carbons (Fsp3) is 0.400. The first-order valence-electron chi connectivity index (χ1n) is 15.1. The molecule has 2 aliphatic heterocycles. The lowest BCUT2D eigenvalue weighted by Gasteiger charge is -2.30. The number of anilines is 3. The predicted molar refractivity (Wildman–Crippen MR) is 189 cm³/mol. The molecular formula is C30H43ClN8O10S2. The Bertz CT molecular complexity index is 1910. The molecule has 6 rings (SSSR count). The zero-order valence-electron chi connectivity index (χ0n) is 28.6. The minimum Gasteiger partial charge on any atom is -0.748 e. The van der Waals surface area contributed by atoms with Gasteiger partial charge in [0.2, 0.25) is 12.7 Å². The Balaban J connectivity index is 0.000000277. The third-order valence-corrected chi connectivity index (χ3v) is 6.96. The normalized spacial score (nSPS) is 13.1. The maximum Gasteiger partial charge on any atom is 0.273 e. The summed E-state index contributed by atoms with van der Waals surface area (Å²) in [6, 6.07) is 10.7. The smallest absolute Gasteiger partial charge is 0.273 e. The molecule has 4 aromatic rings. The van der Waals surface area contributed by atoms with Crippen LogP contribution in [0.4, 0.5) is 22.7 Å². The molecular weight excluding hydrogens is 732 g/mol. The van der Waals surface area contributed by atoms with E-state index in [1.807, 2.05) is 66.3 Å². The Hall–Kier alpha value is -4.63. The highest BCUT2D eigenvalue weighted by Crippen LogP contribution is 2.35. The number of rotatable bonds is 7. The van der Waals surface area contributed by atoms with Crippen LogP contribution in [0.3, 0.4) is 0 Å². The SMILES string of the molecule is CS(=O)(=O)[O-].CS(=O)(=O)[O-].C[n+]1ccn(CCN2CCOc3cc(N)ccc32)c1.C[n+]1ccn(CCN2CCOc3cc([N+](=O)[O-])ccc32)c1.Cl. The zero-order chi connectivity index (χ0) is 37.1. The van der Waals surface area contributed by atoms with Gasteiger partial charge in [0.1, 0.15) is 62.6 Å². The van der Waals surface area contributed by atoms with Gasteiger partial charge in [0.25, 0.3) is 5.69 Å². The van der Waals surface area contributed by atoms with E-state index in [4.69, 9.17) is 41.1 Å². The molecule has 21 heteroatoms. The summed E-state index contributed by atoms with van der Waals surface area (Å²) in [7, 11) is -3.82. The van der Waals surface area contributed by atoms with Crippen LogP contribution in [-0.2, 0) is 47.4 Å². The van der Waals surface area contributed by atoms with Crippen molar-refractivity contribution in [2.75, 3.05) is 67.4 Å². The fourth-order valence-corrected chi connectivity index (χ4v) is 4.88. The van der Waals surface area contributed by atoms with E-state index >= 15 is 0 Å². The summed E-state index contributed by atoms with van der Waals surface area (Å²) < 4.78 is 74.0. The van der Waals surface area contributed by atoms with Gasteiger partial charge in [-0.25, -0.2) is 35.1 Å². The largest absolute Gasteiger partial charge is 0.748 e. The first-order chi connectivity index (χ1) is 23.4. The number of nitro groups is 1. The van der Waals surface area contributed by atoms with E-state index in [2.05, 4.69) is 31.5 Å². The number of ether oxygens (including phenoxy) is 2. The standard InChI is InChI=1S/C14H17N4O3.C14H19N4O.2CH4O3S.ClH/c1-15-4-5-16(11-15)6-7-17-8-9-21-14-10-12(18(19)20)2-3-13(14)17;1-16-4-5-17(11-16)6-7-18-8-9-19-14-10-12(15)2-3-13(14)18;2*1-5(2,3)4;/h2-5,10-11H,6-9H2,1H3;2-5,10-11H,6-9,15H2,1H3;2*1H3,(H,2,3,4);1H/q2*+1;;;/p-2. The molecule has 2 aliphatic rings. The monoisotopic (exact) mass is 774 g/mol. The number of aryl methyl sites for hydroxylation is 2. The second-order valence-corrected chi connectivity index (χ2v) is 14.2. The van der Waals surface area contributed by atoms with Crippen molar-refractivity contribution >= 4 is 55.4 Å². The van der Waals surface area contributed by atoms with Gasteiger partial charge in [-0.2, -0.15) is 0 Å². The molecule has 0 spiro atoms. The van der Waals surface area contributed by atoms with Crippen LogP contribution in [0.25, 0.3) is 0 Å². The Morgan fingerprint density at radius 1 is 0.765 bits per heavy atom. The molecule has 18 nitrogen and oxygen atoms in total. The molecule has 51 heavy (non-hydrogen) atoms. The predicted octanol–water partition coefficient (Wildman–Crippen LogP) is 0.658. The molecule has 0 unspecified atom stereocenters. The number of fused-ring (bicyclic) bond motifs is 2. The molecule has 4 heterocycles. The van der Waals surface area contributed by atoms with Crippen molar-refractivity contribution in [3.05, 3.63) is 84.0 Å². The number of hydrogen-bond donors (Lipinski definition) is 1. The first kappa shape index (κ1) is 42.5. The molecule has 282 valence electrons. The minimum atomic E-state index is -3.92. The molecule has 2 aromatic heterocycles. The number of nitrogen functional groups attached to an aromatic ring is 1. The molecule has 0 aliphatic carbocycles. The van der Waals surface area contributed by atoms with E-state index in [-0.39, 0.29) is 18.1 Å². The second kappa shape index (κ2) is 19.1. The minimum absolute atomic E-state index is 0. The molecule has 0 bridgehead atoms. The van der Waals surface area contributed by atoms with Gasteiger partial charge in [0, 0.05) is 30.3 Å². The van der Waals surface area contributed by atoms with Crippen molar-refractivity contribution in [3.8, 4) is 11.5 Å². The Kier molecular flexibility index (Phi) is 15.9. The van der Waals surface area contributed by atoms with Gasteiger partial charge in [-0.05, 0) is 18.2 Å². The summed E-state index contributed by atoms with van der Waals surface area (Å²) in [6.45, 7) is 6.60. The topological polar surface area (TPSA) is 226 Å². The summed E-state index contributed by atoms with van der Waals surface area (Å²) in [5.41, 5.74) is 8.66. The van der Waals surface area contributed by atoms with E-state index < -0.39 is 25.2 Å². The molecule has 0 atom stereocenters. The van der Waals surface area contributed by atoms with Gasteiger partial charge in [-0.3, -0.25) is 10.1 Å². The number of benzene rings is 2. The molecule has 0 fully saturated rings. The molecule has 0 saturated carbocycles. The maximum absolute atomic E-state index is 10.8. The summed E-state index contributed by atoms with van der Waals surface area (Å²) in [5.74, 6) is 1.48. The van der Waals surface area contributed by atoms with E-state index in [0.29, 0.717) is 24.9 Å². The van der Waals surface area contributed by atoms with Crippen LogP contribution in [0.1, 0.15) is 0 Å². The van der Waals surface area contributed by atoms with Crippen LogP contribution < -0.4 is 34.1 Å². The van der Waals surface area contributed by atoms with Crippen LogP contribution >= 0.6 is 12.4 Å². The van der Waals surface area contributed by atoms with E-state index in [1.165, 1.54) is 12.1 Å². The Labute approximate surface area is 303 Å². The molecule has 0 radical (unpaired) electrons. The number of nitrogens with zero attached hydrogens (tertiary/aromatic N) is 7. The maximum atomic E-state index is 10.8. The number of nitro benzene ring substituents is 1. The Morgan fingerprint density at radius 2 is 1.18 bits per heavy atom. The molecule has 0 amide bonds. The van der Waals surface area contributed by atoms with Crippen LogP contribution in [-0.4, -0.2) is 91.9 Å². The van der Waals surface area contributed by atoms with Crippen molar-refractivity contribution in [1.29, 1.82) is 0 Å². The third kappa shape index (κ3) is 15.9. The zero-order valence-corrected chi connectivity index (χ0v) is 31.0. The summed E-state index contributed by atoms with van der Waals surface area (Å²) in [5, 5.41) is 10.8. The summed E-state index contributed by atoms with van der Waals surface area (Å²) in [6.07, 6.45) is 13.5. The van der Waals surface area contributed by atoms with Crippen molar-refractivity contribution in [1.82, 2.24) is 9.13 Å². The van der Waals surface area contributed by atoms with Crippen LogP contribution in [0.15, 0.2) is 73.8 Å². The molecule has 0 saturated heterocycles. The number of hydrogen-bond acceptors (Lipinski definition) is 13. The fourth-order valence-electron chi connectivity index (χ4n) is 4.88. The first-order valence-corrected chi connectivity index (χ1v) is 18.8. The number of nitrogens with two attached hydrogens (primary N) is 1. The van der Waals surface area contributed by atoms with Gasteiger partial charge >= 0.3 is 0 Å². The van der Waals surface area contributed by atoms with E-state index in [9.17, 15) is 10.1 Å². The van der Waals surface area contributed by atoms with E-state index in [0.717, 1.165) is 68.7 Å². The Morgan fingerprint density at radius 3 is 1.57 bits per heavy atom. The van der Waals surface area contributed by atoms with E-state index in [1.54, 1.807) is 6.07 Å². The van der Waals surface area contributed by atoms with Gasteiger partial charge in [-0.1, -0.05) is 0 Å². The van der Waals surface area contributed by atoms with Gasteiger partial charge < -0.3 is 34.1 Å². The number of non-ortho nitro benzene ring substituents is 1. The number of aromatic nitrogens is 4. The van der Waals surface area contributed by atoms with Crippen molar-refractivity contribution in [2.45, 2.75) is 13.1 Å². The lowest BCUT2D eigenvalue weighted by molar-refractivity contribution is -0.671. The second-order valence-electron chi connectivity index (χ2n) is 11.3. The van der Waals surface area contributed by atoms with Gasteiger partial charge in [0.05, 0.1) is 82.9 Å². The highest BCUT2D eigenvalue weighted by atomic mass is 35.5. The van der Waals surface area contributed by atoms with Crippen LogP contribution in [0.5, 0.6) is 11.5 Å². The highest BCUT2D eigenvalue weighted by Gasteiger charge is 2.22. The van der Waals surface area contributed by atoms with Gasteiger partial charge in [-0.15, -0.1) is 12.4 Å². The van der Waals surface area contributed by atoms with Crippen LogP contribution in [0, 0.1) is 10.1 Å². The third-order valence-electron chi connectivity index (χ3n) is 6.96. The number of halogens is 1. The average Bonchev–Trinajstić information content (AvgIpc) is 3.64. The summed E-state index contributed by atoms with van der Waals surface area (Å²) >= 11 is 0. The lowest BCUT2D eigenvalue weighted by atomic mass is 10.2. The van der Waals surface area contributed by atoms with Gasteiger partial charge in [0.15, 0.2) is 0 Å². The summed E-state index contributed by atoms with van der Waals surface area (Å²) in [4.78, 5) is 15.0. The lowest BCUT2D eigenvalue weighted by Crippen LogP contribution is -2.35. The highest BCUT2D eigenvalue weighted by molar-refractivity contribution is 7.85.